The van der Waals surface area contributed by atoms with E-state index in [9.17, 15) is 23.1 Å². The van der Waals surface area contributed by atoms with Crippen LogP contribution < -0.4 is 5.32 Å². The number of hydrogen-bond acceptors (Lipinski definition) is 3. The molecule has 0 bridgehead atoms. The molecule has 0 aliphatic heterocycles. The van der Waals surface area contributed by atoms with Crippen LogP contribution in [-0.2, 0) is 6.18 Å². The number of nitrogens with one attached hydrogen (secondary N) is 1. The number of amides is 1. The number of benzene rings is 3. The number of fused-ring (bicyclic) bond motifs is 1. The lowest BCUT2D eigenvalue weighted by atomic mass is 9.98. The van der Waals surface area contributed by atoms with Crippen molar-refractivity contribution in [2.24, 2.45) is 0 Å². The highest BCUT2D eigenvalue weighted by Crippen LogP contribution is 2.38. The minimum atomic E-state index is -4.53. The molecule has 3 aromatic carbocycles. The van der Waals surface area contributed by atoms with E-state index in [0.29, 0.717) is 16.5 Å². The van der Waals surface area contributed by atoms with E-state index in [4.69, 9.17) is 4.42 Å². The Kier molecular flexibility index (Phi) is 4.73. The number of phenolic OH excluding ortho intramolecular Hbond substituents is 1. The van der Waals surface area contributed by atoms with Crippen LogP contribution in [0.4, 0.5) is 18.9 Å². The van der Waals surface area contributed by atoms with Crippen LogP contribution in [0.3, 0.4) is 0 Å². The van der Waals surface area contributed by atoms with Gasteiger partial charge in [-0.15, -0.1) is 0 Å². The van der Waals surface area contributed by atoms with Gasteiger partial charge in [0.15, 0.2) is 0 Å². The lowest BCUT2D eigenvalue weighted by Gasteiger charge is -2.12. The summed E-state index contributed by atoms with van der Waals surface area (Å²) < 4.78 is 44.3. The van der Waals surface area contributed by atoms with E-state index >= 15 is 0 Å². The first-order chi connectivity index (χ1) is 14.2. The second-order valence-corrected chi connectivity index (χ2v) is 6.88. The number of aryl methyl sites for hydroxylation is 1. The van der Waals surface area contributed by atoms with E-state index in [0.717, 1.165) is 23.3 Å². The van der Waals surface area contributed by atoms with Crippen LogP contribution in [-0.4, -0.2) is 11.0 Å². The topological polar surface area (TPSA) is 62.5 Å². The van der Waals surface area contributed by atoms with Gasteiger partial charge in [0.1, 0.15) is 11.3 Å². The van der Waals surface area contributed by atoms with E-state index in [1.165, 1.54) is 30.5 Å². The third-order valence-corrected chi connectivity index (χ3v) is 4.76. The fourth-order valence-corrected chi connectivity index (χ4v) is 3.22. The Labute approximate surface area is 169 Å². The number of carbonyl (C=O) groups is 1. The first-order valence-electron chi connectivity index (χ1n) is 9.03. The molecule has 1 aromatic heterocycles. The fraction of sp³-hybridized carbons (Fsp3) is 0.0870. The molecule has 0 spiro atoms. The summed E-state index contributed by atoms with van der Waals surface area (Å²) in [5.41, 5.74) is 1.84. The Hall–Kier alpha value is -3.74. The zero-order chi connectivity index (χ0) is 21.5. The first kappa shape index (κ1) is 19.6. The van der Waals surface area contributed by atoms with Crippen LogP contribution in [0, 0.1) is 6.92 Å². The van der Waals surface area contributed by atoms with Gasteiger partial charge in [0.2, 0.25) is 0 Å². The van der Waals surface area contributed by atoms with Crippen molar-refractivity contribution in [3.8, 4) is 16.9 Å². The van der Waals surface area contributed by atoms with Crippen molar-refractivity contribution in [3.63, 3.8) is 0 Å². The predicted octanol–water partition coefficient (Wildman–Crippen LogP) is 6.38. The number of hydrogen-bond donors (Lipinski definition) is 2. The molecule has 1 heterocycles. The summed E-state index contributed by atoms with van der Waals surface area (Å²) in [5, 5.41) is 13.3. The van der Waals surface area contributed by atoms with E-state index in [2.05, 4.69) is 5.32 Å². The Morgan fingerprint density at radius 2 is 1.77 bits per heavy atom. The molecule has 0 aliphatic carbocycles. The quantitative estimate of drug-likeness (QED) is 0.411. The molecular formula is C23H16F3NO3. The summed E-state index contributed by atoms with van der Waals surface area (Å²) in [7, 11) is 0. The number of alkyl halides is 3. The Morgan fingerprint density at radius 1 is 1.03 bits per heavy atom. The van der Waals surface area contributed by atoms with Crippen LogP contribution in [0.2, 0.25) is 0 Å². The third-order valence-electron chi connectivity index (χ3n) is 4.76. The fourth-order valence-electron chi connectivity index (χ4n) is 3.22. The SMILES string of the molecule is Cc1ccc(-c2cc(C(=O)Nc3cccc(C(F)(F)F)c3)c(O)c3ccoc23)cc1. The van der Waals surface area contributed by atoms with Crippen molar-refractivity contribution in [1.29, 1.82) is 0 Å². The van der Waals surface area contributed by atoms with Crippen LogP contribution >= 0.6 is 0 Å². The standard InChI is InChI=1S/C23H16F3NO3/c1-13-5-7-14(8-6-13)18-12-19(20(28)17-9-10-30-21(17)18)22(29)27-16-4-2-3-15(11-16)23(24,25)26/h2-12,28H,1H3,(H,27,29). The number of phenols is 1. The zero-order valence-electron chi connectivity index (χ0n) is 15.7. The van der Waals surface area contributed by atoms with Gasteiger partial charge in [0, 0.05) is 11.3 Å². The summed E-state index contributed by atoms with van der Waals surface area (Å²) >= 11 is 0. The molecule has 4 rings (SSSR count). The van der Waals surface area contributed by atoms with Crippen LogP contribution in [0.25, 0.3) is 22.1 Å². The minimum absolute atomic E-state index is 0.0293. The average Bonchev–Trinajstić information content (AvgIpc) is 3.19. The highest BCUT2D eigenvalue weighted by atomic mass is 19.4. The predicted molar refractivity (Wildman–Crippen MR) is 107 cm³/mol. The molecule has 30 heavy (non-hydrogen) atoms. The number of aromatic hydroxyl groups is 1. The molecule has 1 amide bonds. The van der Waals surface area contributed by atoms with Crippen molar-refractivity contribution in [1.82, 2.24) is 0 Å². The molecule has 0 atom stereocenters. The largest absolute Gasteiger partial charge is 0.506 e. The molecule has 0 unspecified atom stereocenters. The van der Waals surface area contributed by atoms with Gasteiger partial charge in [0.25, 0.3) is 5.91 Å². The van der Waals surface area contributed by atoms with E-state index in [-0.39, 0.29) is 17.0 Å². The maximum Gasteiger partial charge on any atom is 0.416 e. The van der Waals surface area contributed by atoms with Gasteiger partial charge in [-0.2, -0.15) is 13.2 Å². The van der Waals surface area contributed by atoms with Crippen LogP contribution in [0.1, 0.15) is 21.5 Å². The molecule has 4 aromatic rings. The van der Waals surface area contributed by atoms with Crippen molar-refractivity contribution in [2.45, 2.75) is 13.1 Å². The molecule has 0 aliphatic rings. The summed E-state index contributed by atoms with van der Waals surface area (Å²) in [4.78, 5) is 12.8. The number of anilines is 1. The highest BCUT2D eigenvalue weighted by molar-refractivity contribution is 6.12. The smallest absolute Gasteiger partial charge is 0.416 e. The number of halogens is 3. The van der Waals surface area contributed by atoms with Gasteiger partial charge >= 0.3 is 6.18 Å². The monoisotopic (exact) mass is 411 g/mol. The second-order valence-electron chi connectivity index (χ2n) is 6.88. The van der Waals surface area contributed by atoms with E-state index in [1.54, 1.807) is 0 Å². The van der Waals surface area contributed by atoms with Gasteiger partial charge in [-0.3, -0.25) is 4.79 Å². The zero-order valence-corrected chi connectivity index (χ0v) is 15.7. The minimum Gasteiger partial charge on any atom is -0.506 e. The van der Waals surface area contributed by atoms with Crippen molar-refractivity contribution >= 4 is 22.6 Å². The normalized spacial score (nSPS) is 11.6. The molecule has 0 saturated heterocycles. The van der Waals surface area contributed by atoms with Gasteiger partial charge in [-0.05, 0) is 42.8 Å². The highest BCUT2D eigenvalue weighted by Gasteiger charge is 2.30. The molecule has 7 heteroatoms. The molecule has 0 saturated carbocycles. The van der Waals surface area contributed by atoms with Crippen molar-refractivity contribution in [2.75, 3.05) is 5.32 Å². The second kappa shape index (κ2) is 7.26. The molecule has 4 nitrogen and oxygen atoms in total. The van der Waals surface area contributed by atoms with Gasteiger partial charge < -0.3 is 14.8 Å². The van der Waals surface area contributed by atoms with E-state index < -0.39 is 17.6 Å². The van der Waals surface area contributed by atoms with Gasteiger partial charge in [0.05, 0.1) is 22.8 Å². The van der Waals surface area contributed by atoms with Crippen molar-refractivity contribution in [3.05, 3.63) is 83.6 Å². The van der Waals surface area contributed by atoms with Crippen molar-refractivity contribution < 1.29 is 27.5 Å². The maximum atomic E-state index is 12.9. The van der Waals surface area contributed by atoms with Crippen LogP contribution in [0.15, 0.2) is 71.3 Å². The van der Waals surface area contributed by atoms with E-state index in [1.807, 2.05) is 31.2 Å². The van der Waals surface area contributed by atoms with Gasteiger partial charge in [-0.1, -0.05) is 35.9 Å². The lowest BCUT2D eigenvalue weighted by molar-refractivity contribution is -0.137. The number of carbonyl (C=O) groups excluding carboxylic acids is 1. The summed E-state index contributed by atoms with van der Waals surface area (Å²) in [5.74, 6) is -1.04. The lowest BCUT2D eigenvalue weighted by Crippen LogP contribution is -2.13. The molecule has 0 fully saturated rings. The maximum absolute atomic E-state index is 12.9. The Bertz CT molecular complexity index is 1240. The third kappa shape index (κ3) is 3.61. The van der Waals surface area contributed by atoms with Crippen LogP contribution in [0.5, 0.6) is 5.75 Å². The number of rotatable bonds is 3. The summed E-state index contributed by atoms with van der Waals surface area (Å²) in [6.45, 7) is 1.94. The molecule has 0 radical (unpaired) electrons. The number of furan rings is 1. The Balaban J connectivity index is 1.76. The molecular weight excluding hydrogens is 395 g/mol. The molecule has 152 valence electrons. The first-order valence-corrected chi connectivity index (χ1v) is 9.03. The Morgan fingerprint density at radius 3 is 2.47 bits per heavy atom. The summed E-state index contributed by atoms with van der Waals surface area (Å²) in [6, 6.07) is 14.8. The average molecular weight is 411 g/mol. The summed E-state index contributed by atoms with van der Waals surface area (Å²) in [6.07, 6.45) is -3.13. The van der Waals surface area contributed by atoms with Gasteiger partial charge in [-0.25, -0.2) is 0 Å². The molecule has 2 N–H and O–H groups in total.